The Morgan fingerprint density at radius 1 is 0.913 bits per heavy atom. The fourth-order valence-electron chi connectivity index (χ4n) is 2.84. The number of hydrogen-bond acceptors (Lipinski definition) is 3. The first-order valence-corrected chi connectivity index (χ1v) is 7.77. The van der Waals surface area contributed by atoms with E-state index in [2.05, 4.69) is 19.1 Å². The Bertz CT molecular complexity index is 692. The maximum Gasteiger partial charge on any atom is 0.262 e. The highest BCUT2D eigenvalue weighted by atomic mass is 16.2. The average molecular weight is 308 g/mol. The summed E-state index contributed by atoms with van der Waals surface area (Å²) >= 11 is 0. The monoisotopic (exact) mass is 308 g/mol. The number of rotatable bonds is 5. The number of amides is 2. The van der Waals surface area contributed by atoms with Gasteiger partial charge < -0.3 is 0 Å². The van der Waals surface area contributed by atoms with Crippen molar-refractivity contribution in [3.8, 4) is 0 Å². The molecule has 0 fully saturated rings. The van der Waals surface area contributed by atoms with Gasteiger partial charge >= 0.3 is 0 Å². The van der Waals surface area contributed by atoms with Crippen molar-refractivity contribution in [3.63, 3.8) is 0 Å². The summed E-state index contributed by atoms with van der Waals surface area (Å²) in [5.41, 5.74) is 2.25. The lowest BCUT2D eigenvalue weighted by atomic mass is 10.1. The molecule has 0 spiro atoms. The van der Waals surface area contributed by atoms with Crippen LogP contribution >= 0.6 is 0 Å². The maximum atomic E-state index is 12.4. The molecule has 4 nitrogen and oxygen atoms in total. The third-order valence-corrected chi connectivity index (χ3v) is 4.37. The molecule has 23 heavy (non-hydrogen) atoms. The molecule has 0 saturated heterocycles. The first kappa shape index (κ1) is 15.4. The van der Waals surface area contributed by atoms with Crippen LogP contribution in [0.3, 0.4) is 0 Å². The highest BCUT2D eigenvalue weighted by molar-refractivity contribution is 6.21. The number of nitrogens with zero attached hydrogens (tertiary/aromatic N) is 2. The van der Waals surface area contributed by atoms with Gasteiger partial charge in [-0.15, -0.1) is 0 Å². The van der Waals surface area contributed by atoms with Gasteiger partial charge in [0.1, 0.15) is 0 Å². The van der Waals surface area contributed by atoms with Crippen LogP contribution in [0.4, 0.5) is 0 Å². The SMILES string of the molecule is CC(Cc1ccccc1)N(C)CN1C(=O)c2ccccc2C1=O. The van der Waals surface area contributed by atoms with Crippen LogP contribution in [-0.2, 0) is 6.42 Å². The number of carbonyl (C=O) groups excluding carboxylic acids is 2. The van der Waals surface area contributed by atoms with Crippen LogP contribution in [0.25, 0.3) is 0 Å². The number of benzene rings is 2. The van der Waals surface area contributed by atoms with E-state index in [1.54, 1.807) is 24.3 Å². The molecule has 0 radical (unpaired) electrons. The first-order valence-electron chi connectivity index (χ1n) is 7.77. The Labute approximate surface area is 136 Å². The molecule has 2 aromatic rings. The first-order chi connectivity index (χ1) is 11.1. The van der Waals surface area contributed by atoms with Crippen LogP contribution < -0.4 is 0 Å². The Hall–Kier alpha value is -2.46. The maximum absolute atomic E-state index is 12.4. The number of carbonyl (C=O) groups is 2. The summed E-state index contributed by atoms with van der Waals surface area (Å²) in [6.07, 6.45) is 0.876. The van der Waals surface area contributed by atoms with E-state index >= 15 is 0 Å². The molecule has 0 aromatic heterocycles. The van der Waals surface area contributed by atoms with Crippen molar-refractivity contribution in [1.82, 2.24) is 9.80 Å². The Balaban J connectivity index is 1.68. The van der Waals surface area contributed by atoms with Crippen LogP contribution in [0.5, 0.6) is 0 Å². The van der Waals surface area contributed by atoms with Crippen molar-refractivity contribution in [2.45, 2.75) is 19.4 Å². The van der Waals surface area contributed by atoms with Crippen LogP contribution in [0, 0.1) is 0 Å². The zero-order valence-corrected chi connectivity index (χ0v) is 13.4. The van der Waals surface area contributed by atoms with E-state index in [0.717, 1.165) is 6.42 Å². The molecule has 118 valence electrons. The van der Waals surface area contributed by atoms with E-state index in [0.29, 0.717) is 17.8 Å². The van der Waals surface area contributed by atoms with Gasteiger partial charge in [-0.1, -0.05) is 42.5 Å². The molecule has 2 aromatic carbocycles. The zero-order valence-electron chi connectivity index (χ0n) is 13.4. The lowest BCUT2D eigenvalue weighted by Crippen LogP contribution is -2.43. The van der Waals surface area contributed by atoms with Gasteiger partial charge in [-0.05, 0) is 38.1 Å². The highest BCUT2D eigenvalue weighted by Crippen LogP contribution is 2.22. The van der Waals surface area contributed by atoms with Crippen molar-refractivity contribution < 1.29 is 9.59 Å². The minimum Gasteiger partial charge on any atom is -0.286 e. The smallest absolute Gasteiger partial charge is 0.262 e. The molecule has 3 rings (SSSR count). The molecular weight excluding hydrogens is 288 g/mol. The van der Waals surface area contributed by atoms with E-state index in [1.165, 1.54) is 10.5 Å². The quantitative estimate of drug-likeness (QED) is 0.798. The van der Waals surface area contributed by atoms with E-state index in [-0.39, 0.29) is 17.9 Å². The van der Waals surface area contributed by atoms with Gasteiger partial charge in [-0.2, -0.15) is 0 Å². The van der Waals surface area contributed by atoms with Gasteiger partial charge in [-0.25, -0.2) is 0 Å². The number of imide groups is 1. The predicted octanol–water partition coefficient (Wildman–Crippen LogP) is 2.80. The van der Waals surface area contributed by atoms with Gasteiger partial charge in [0, 0.05) is 6.04 Å². The zero-order chi connectivity index (χ0) is 16.4. The number of likely N-dealkylation sites (N-methyl/N-ethyl adjacent to an activating group) is 1. The Morgan fingerprint density at radius 2 is 1.43 bits per heavy atom. The molecule has 1 atom stereocenters. The molecule has 0 bridgehead atoms. The van der Waals surface area contributed by atoms with Crippen molar-refractivity contribution in [1.29, 1.82) is 0 Å². The van der Waals surface area contributed by atoms with Crippen LogP contribution in [-0.4, -0.2) is 41.4 Å². The second-order valence-electron chi connectivity index (χ2n) is 6.02. The van der Waals surface area contributed by atoms with Gasteiger partial charge in [0.15, 0.2) is 0 Å². The molecule has 1 heterocycles. The van der Waals surface area contributed by atoms with Crippen molar-refractivity contribution >= 4 is 11.8 Å². The topological polar surface area (TPSA) is 40.6 Å². The lowest BCUT2D eigenvalue weighted by Gasteiger charge is -2.28. The highest BCUT2D eigenvalue weighted by Gasteiger charge is 2.35. The minimum atomic E-state index is -0.204. The van der Waals surface area contributed by atoms with Crippen molar-refractivity contribution in [2.75, 3.05) is 13.7 Å². The summed E-state index contributed by atoms with van der Waals surface area (Å²) in [6.45, 7) is 2.41. The molecular formula is C19H20N2O2. The molecule has 2 amide bonds. The third-order valence-electron chi connectivity index (χ3n) is 4.37. The fourth-order valence-corrected chi connectivity index (χ4v) is 2.84. The van der Waals surface area contributed by atoms with E-state index < -0.39 is 0 Å². The summed E-state index contributed by atoms with van der Waals surface area (Å²) < 4.78 is 0. The average Bonchev–Trinajstić information content (AvgIpc) is 2.81. The molecule has 1 aliphatic rings. The Morgan fingerprint density at radius 3 is 2.00 bits per heavy atom. The van der Waals surface area contributed by atoms with Gasteiger partial charge in [0.2, 0.25) is 0 Å². The van der Waals surface area contributed by atoms with E-state index in [1.807, 2.05) is 30.1 Å². The number of fused-ring (bicyclic) bond motifs is 1. The molecule has 0 saturated carbocycles. The van der Waals surface area contributed by atoms with Crippen LogP contribution in [0.15, 0.2) is 54.6 Å². The molecule has 1 unspecified atom stereocenters. The standard InChI is InChI=1S/C19H20N2O2/c1-14(12-15-8-4-3-5-9-15)20(2)13-21-18(22)16-10-6-7-11-17(16)19(21)23/h3-11,14H,12-13H2,1-2H3. The largest absolute Gasteiger partial charge is 0.286 e. The molecule has 0 aliphatic carbocycles. The van der Waals surface area contributed by atoms with E-state index in [4.69, 9.17) is 0 Å². The minimum absolute atomic E-state index is 0.204. The van der Waals surface area contributed by atoms with Gasteiger partial charge in [0.25, 0.3) is 11.8 Å². The van der Waals surface area contributed by atoms with Crippen LogP contribution in [0.1, 0.15) is 33.2 Å². The Kier molecular flexibility index (Phi) is 4.26. The van der Waals surface area contributed by atoms with Gasteiger partial charge in [-0.3, -0.25) is 19.4 Å². The van der Waals surface area contributed by atoms with E-state index in [9.17, 15) is 9.59 Å². The normalized spacial score (nSPS) is 15.2. The summed E-state index contributed by atoms with van der Waals surface area (Å²) in [7, 11) is 1.94. The summed E-state index contributed by atoms with van der Waals surface area (Å²) in [5, 5.41) is 0. The predicted molar refractivity (Wildman–Crippen MR) is 89.2 cm³/mol. The molecule has 0 N–H and O–H groups in total. The number of hydrogen-bond donors (Lipinski definition) is 0. The summed E-state index contributed by atoms with van der Waals surface area (Å²) in [5.74, 6) is -0.409. The third kappa shape index (κ3) is 3.03. The second kappa shape index (κ2) is 6.34. The molecule has 4 heteroatoms. The van der Waals surface area contributed by atoms with Crippen LogP contribution in [0.2, 0.25) is 0 Å². The summed E-state index contributed by atoms with van der Waals surface area (Å²) in [6, 6.07) is 17.4. The van der Waals surface area contributed by atoms with Crippen molar-refractivity contribution in [2.24, 2.45) is 0 Å². The summed E-state index contributed by atoms with van der Waals surface area (Å²) in [4.78, 5) is 28.2. The van der Waals surface area contributed by atoms with Gasteiger partial charge in [0.05, 0.1) is 17.8 Å². The van der Waals surface area contributed by atoms with Crippen molar-refractivity contribution in [3.05, 3.63) is 71.3 Å². The lowest BCUT2D eigenvalue weighted by molar-refractivity contribution is 0.0533. The second-order valence-corrected chi connectivity index (χ2v) is 6.02. The fraction of sp³-hybridized carbons (Fsp3) is 0.263. The molecule has 1 aliphatic heterocycles.